The number of imidazole rings is 1. The maximum absolute atomic E-state index is 13.0. The van der Waals surface area contributed by atoms with Gasteiger partial charge >= 0.3 is 6.18 Å². The third-order valence-corrected chi connectivity index (χ3v) is 7.72. The Bertz CT molecular complexity index is 1450. The van der Waals surface area contributed by atoms with Crippen LogP contribution in [0.4, 0.5) is 30.6 Å². The fourth-order valence-corrected chi connectivity index (χ4v) is 5.58. The summed E-state index contributed by atoms with van der Waals surface area (Å²) in [6, 6.07) is 10.00. The predicted octanol–water partition coefficient (Wildman–Crippen LogP) is 4.68. The van der Waals surface area contributed by atoms with E-state index in [1.54, 1.807) is 13.1 Å². The number of anilines is 3. The second kappa shape index (κ2) is 9.77. The highest BCUT2D eigenvalue weighted by atomic mass is 32.2. The van der Waals surface area contributed by atoms with E-state index in [4.69, 9.17) is 9.97 Å². The summed E-state index contributed by atoms with van der Waals surface area (Å²) >= 11 is 1.37. The standard InChI is InChI=1S/C25H28F3N9S/c1-15-11-21(34-33-15)30-20-13-22(37-9-7-36(8-10-37)16-3-4-16)32-24(31-20)38-17-5-6-18-19(12-17)35(2)23(29-18)14-25(26,27)28/h5-6,11-13,16H,3-4,7-10,14H2,1-2H3,(H2,30,31,32,33,34). The van der Waals surface area contributed by atoms with Crippen molar-refractivity contribution in [3.8, 4) is 0 Å². The summed E-state index contributed by atoms with van der Waals surface area (Å²) in [5.74, 6) is 2.11. The Labute approximate surface area is 221 Å². The van der Waals surface area contributed by atoms with E-state index in [1.165, 1.54) is 29.2 Å². The number of aryl methyl sites for hydroxylation is 2. The molecule has 2 N–H and O–H groups in total. The molecule has 1 saturated carbocycles. The lowest BCUT2D eigenvalue weighted by Gasteiger charge is -2.35. The quantitative estimate of drug-likeness (QED) is 0.325. The van der Waals surface area contributed by atoms with E-state index < -0.39 is 12.6 Å². The Morgan fingerprint density at radius 2 is 1.82 bits per heavy atom. The molecule has 3 aromatic heterocycles. The maximum Gasteiger partial charge on any atom is 0.396 e. The number of hydrogen-bond donors (Lipinski definition) is 2. The Balaban J connectivity index is 1.28. The van der Waals surface area contributed by atoms with Gasteiger partial charge in [-0.25, -0.2) is 15.0 Å². The lowest BCUT2D eigenvalue weighted by atomic mass is 10.3. The molecular formula is C25H28F3N9S. The molecule has 0 amide bonds. The summed E-state index contributed by atoms with van der Waals surface area (Å²) in [6.07, 6.45) is -2.79. The number of H-pyrrole nitrogens is 1. The molecule has 4 heterocycles. The average molecular weight is 544 g/mol. The van der Waals surface area contributed by atoms with Crippen LogP contribution in [0.3, 0.4) is 0 Å². The fraction of sp³-hybridized carbons (Fsp3) is 0.440. The molecule has 9 nitrogen and oxygen atoms in total. The third-order valence-electron chi connectivity index (χ3n) is 6.87. The minimum absolute atomic E-state index is 0.0148. The first kappa shape index (κ1) is 25.0. The molecule has 2 aliphatic rings. The molecule has 0 unspecified atom stereocenters. The van der Waals surface area contributed by atoms with Crippen LogP contribution >= 0.6 is 11.8 Å². The molecule has 0 bridgehead atoms. The van der Waals surface area contributed by atoms with Crippen LogP contribution in [0.25, 0.3) is 11.0 Å². The summed E-state index contributed by atoms with van der Waals surface area (Å²) in [4.78, 5) is 19.4. The average Bonchev–Trinajstić information content (AvgIpc) is 3.58. The van der Waals surface area contributed by atoms with Crippen molar-refractivity contribution >= 4 is 40.2 Å². The Morgan fingerprint density at radius 3 is 2.50 bits per heavy atom. The molecule has 1 aromatic carbocycles. The zero-order valence-electron chi connectivity index (χ0n) is 21.1. The van der Waals surface area contributed by atoms with Crippen LogP contribution in [0.1, 0.15) is 24.4 Å². The van der Waals surface area contributed by atoms with Gasteiger partial charge in [-0.05, 0) is 49.7 Å². The molecule has 1 aliphatic carbocycles. The largest absolute Gasteiger partial charge is 0.396 e. The van der Waals surface area contributed by atoms with Gasteiger partial charge in [0, 0.05) is 62.0 Å². The van der Waals surface area contributed by atoms with Gasteiger partial charge in [-0.1, -0.05) is 0 Å². The van der Waals surface area contributed by atoms with Crippen LogP contribution in [0.15, 0.2) is 40.4 Å². The highest BCUT2D eigenvalue weighted by Gasteiger charge is 2.32. The minimum Gasteiger partial charge on any atom is -0.354 e. The van der Waals surface area contributed by atoms with Gasteiger partial charge in [-0.15, -0.1) is 0 Å². The number of piperazine rings is 1. The van der Waals surface area contributed by atoms with Gasteiger partial charge in [0.05, 0.1) is 11.0 Å². The van der Waals surface area contributed by atoms with Crippen molar-refractivity contribution in [3.05, 3.63) is 41.9 Å². The normalized spacial score (nSPS) is 16.9. The second-order valence-electron chi connectivity index (χ2n) is 9.84. The summed E-state index contributed by atoms with van der Waals surface area (Å²) in [6.45, 7) is 5.73. The van der Waals surface area contributed by atoms with Crippen molar-refractivity contribution in [1.82, 2.24) is 34.6 Å². The molecule has 38 heavy (non-hydrogen) atoms. The van der Waals surface area contributed by atoms with Crippen LogP contribution in [-0.2, 0) is 13.5 Å². The number of rotatable bonds is 7. The van der Waals surface area contributed by atoms with Crippen molar-refractivity contribution in [2.45, 2.75) is 48.5 Å². The third kappa shape index (κ3) is 5.58. The summed E-state index contributed by atoms with van der Waals surface area (Å²) in [7, 11) is 1.61. The van der Waals surface area contributed by atoms with Crippen molar-refractivity contribution in [3.63, 3.8) is 0 Å². The highest BCUT2D eigenvalue weighted by molar-refractivity contribution is 7.99. The smallest absolute Gasteiger partial charge is 0.354 e. The Morgan fingerprint density at radius 1 is 1.03 bits per heavy atom. The number of benzene rings is 1. The Hall–Kier alpha value is -3.32. The molecule has 0 atom stereocenters. The first-order valence-corrected chi connectivity index (χ1v) is 13.4. The van der Waals surface area contributed by atoms with Gasteiger partial charge in [0.15, 0.2) is 11.0 Å². The van der Waals surface area contributed by atoms with Crippen LogP contribution in [0, 0.1) is 6.92 Å². The van der Waals surface area contributed by atoms with Gasteiger partial charge in [0.2, 0.25) is 0 Å². The van der Waals surface area contributed by atoms with Gasteiger partial charge in [-0.2, -0.15) is 18.3 Å². The van der Waals surface area contributed by atoms with Gasteiger partial charge in [0.25, 0.3) is 0 Å². The molecule has 6 rings (SSSR count). The predicted molar refractivity (Wildman–Crippen MR) is 140 cm³/mol. The lowest BCUT2D eigenvalue weighted by Crippen LogP contribution is -2.47. The first-order chi connectivity index (χ1) is 18.2. The zero-order chi connectivity index (χ0) is 26.4. The lowest BCUT2D eigenvalue weighted by molar-refractivity contribution is -0.128. The number of nitrogens with zero attached hydrogens (tertiary/aromatic N) is 7. The van der Waals surface area contributed by atoms with Crippen LogP contribution in [0.5, 0.6) is 0 Å². The monoisotopic (exact) mass is 543 g/mol. The minimum atomic E-state index is -4.32. The topological polar surface area (TPSA) is 90.8 Å². The summed E-state index contributed by atoms with van der Waals surface area (Å²) in [5, 5.41) is 11.0. The summed E-state index contributed by atoms with van der Waals surface area (Å²) in [5.41, 5.74) is 2.09. The maximum atomic E-state index is 13.0. The van der Waals surface area contributed by atoms with E-state index in [0.29, 0.717) is 27.8 Å². The van der Waals surface area contributed by atoms with Crippen molar-refractivity contribution < 1.29 is 13.2 Å². The SMILES string of the molecule is Cc1cc(Nc2cc(N3CCN(C4CC4)CC3)nc(Sc3ccc4nc(CC(F)(F)F)n(C)c4c3)n2)n[nH]1. The van der Waals surface area contributed by atoms with E-state index >= 15 is 0 Å². The number of nitrogens with one attached hydrogen (secondary N) is 2. The van der Waals surface area contributed by atoms with Crippen molar-refractivity contribution in [2.24, 2.45) is 7.05 Å². The molecule has 4 aromatic rings. The second-order valence-corrected chi connectivity index (χ2v) is 10.9. The number of alkyl halides is 3. The van der Waals surface area contributed by atoms with E-state index in [0.717, 1.165) is 48.6 Å². The number of aromatic nitrogens is 6. The molecule has 2 fully saturated rings. The number of fused-ring (bicyclic) bond motifs is 1. The zero-order valence-corrected chi connectivity index (χ0v) is 21.9. The van der Waals surface area contributed by atoms with Crippen LogP contribution in [-0.4, -0.2) is 73.0 Å². The van der Waals surface area contributed by atoms with E-state index in [1.807, 2.05) is 31.2 Å². The molecule has 13 heteroatoms. The molecule has 0 spiro atoms. The van der Waals surface area contributed by atoms with E-state index in [2.05, 4.69) is 30.3 Å². The number of aromatic amines is 1. The first-order valence-electron chi connectivity index (χ1n) is 12.6. The molecule has 1 saturated heterocycles. The fourth-order valence-electron chi connectivity index (χ4n) is 4.78. The van der Waals surface area contributed by atoms with Gasteiger partial charge in [0.1, 0.15) is 23.9 Å². The van der Waals surface area contributed by atoms with Gasteiger partial charge in [-0.3, -0.25) is 10.00 Å². The van der Waals surface area contributed by atoms with Crippen molar-refractivity contribution in [1.29, 1.82) is 0 Å². The molecular weight excluding hydrogens is 515 g/mol. The summed E-state index contributed by atoms with van der Waals surface area (Å²) < 4.78 is 40.4. The molecule has 1 aliphatic heterocycles. The van der Waals surface area contributed by atoms with Gasteiger partial charge < -0.3 is 14.8 Å². The molecule has 200 valence electrons. The van der Waals surface area contributed by atoms with Crippen LogP contribution < -0.4 is 10.2 Å². The highest BCUT2D eigenvalue weighted by Crippen LogP contribution is 2.33. The van der Waals surface area contributed by atoms with E-state index in [-0.39, 0.29) is 5.82 Å². The van der Waals surface area contributed by atoms with Crippen LogP contribution in [0.2, 0.25) is 0 Å². The van der Waals surface area contributed by atoms with Crippen molar-refractivity contribution in [2.75, 3.05) is 36.4 Å². The number of hydrogen-bond acceptors (Lipinski definition) is 8. The van der Waals surface area contributed by atoms with E-state index in [9.17, 15) is 13.2 Å². The Kier molecular flexibility index (Phi) is 6.42. The number of halogens is 3. The molecule has 0 radical (unpaired) electrons.